The third-order valence-electron chi connectivity index (χ3n) is 1.37. The predicted molar refractivity (Wildman–Crippen MR) is 57.8 cm³/mol. The summed E-state index contributed by atoms with van der Waals surface area (Å²) >= 11 is 0. The van der Waals surface area contributed by atoms with Gasteiger partial charge < -0.3 is 14.7 Å². The lowest BCUT2D eigenvalue weighted by atomic mass is 10.4. The van der Waals surface area contributed by atoms with E-state index in [-0.39, 0.29) is 0 Å². The lowest BCUT2D eigenvalue weighted by Crippen LogP contribution is -2.31. The van der Waals surface area contributed by atoms with E-state index in [1.54, 1.807) is 0 Å². The molecule has 0 fully saturated rings. The van der Waals surface area contributed by atoms with Crippen LogP contribution in [0.3, 0.4) is 0 Å². The van der Waals surface area contributed by atoms with Gasteiger partial charge in [-0.15, -0.1) is 0 Å². The quantitative estimate of drug-likeness (QED) is 0.435. The van der Waals surface area contributed by atoms with Crippen molar-refractivity contribution in [1.29, 1.82) is 0 Å². The molecule has 1 unspecified atom stereocenters. The summed E-state index contributed by atoms with van der Waals surface area (Å²) in [5.74, 6) is -4.46. The van der Waals surface area contributed by atoms with Crippen LogP contribution in [0, 0.1) is 0 Å². The van der Waals surface area contributed by atoms with E-state index < -0.39 is 47.4 Å². The Bertz CT molecular complexity index is 435. The second-order valence-electron chi connectivity index (χ2n) is 3.37. The standard InChI is InChI=1S/C4H7F4O4P.C2H4F3O4P/c1-11-13(9,10)12-2-4(7,8)3(5)6;3-2(4,5)1-9-10(6,7)8/h3H,2H2,1H3,(H,9,10);1H2,(H2,6,7,8). The van der Waals surface area contributed by atoms with E-state index in [1.807, 2.05) is 0 Å². The molecule has 0 aliphatic heterocycles. The van der Waals surface area contributed by atoms with Gasteiger partial charge in [-0.05, 0) is 0 Å². The molecule has 0 saturated carbocycles. The third kappa shape index (κ3) is 16.4. The molecule has 0 aromatic rings. The summed E-state index contributed by atoms with van der Waals surface area (Å²) in [5, 5.41) is 0. The molecule has 0 saturated heterocycles. The molecule has 0 aromatic carbocycles. The lowest BCUT2D eigenvalue weighted by Gasteiger charge is -2.16. The summed E-state index contributed by atoms with van der Waals surface area (Å²) in [6, 6.07) is 0. The van der Waals surface area contributed by atoms with Crippen molar-refractivity contribution >= 4 is 15.6 Å². The zero-order chi connectivity index (χ0) is 19.1. The average molecular weight is 406 g/mol. The molecule has 17 heteroatoms. The molecular formula is C6H11F7O8P2. The second-order valence-corrected chi connectivity index (χ2v) is 6.17. The van der Waals surface area contributed by atoms with Crippen LogP contribution in [0.4, 0.5) is 30.7 Å². The Morgan fingerprint density at radius 3 is 1.61 bits per heavy atom. The fourth-order valence-corrected chi connectivity index (χ4v) is 1.20. The maximum atomic E-state index is 12.1. The zero-order valence-electron chi connectivity index (χ0n) is 10.9. The molecule has 0 aromatic heterocycles. The highest BCUT2D eigenvalue weighted by atomic mass is 31.2. The Kier molecular flexibility index (Phi) is 10.1. The van der Waals surface area contributed by atoms with Gasteiger partial charge in [0.25, 0.3) is 0 Å². The van der Waals surface area contributed by atoms with Gasteiger partial charge in [-0.2, -0.15) is 22.0 Å². The average Bonchev–Trinajstić information content (AvgIpc) is 2.33. The van der Waals surface area contributed by atoms with E-state index >= 15 is 0 Å². The van der Waals surface area contributed by atoms with Gasteiger partial charge >= 0.3 is 34.2 Å². The van der Waals surface area contributed by atoms with Crippen LogP contribution in [0.5, 0.6) is 0 Å². The van der Waals surface area contributed by atoms with Crippen molar-refractivity contribution < 1.29 is 68.1 Å². The summed E-state index contributed by atoms with van der Waals surface area (Å²) in [4.78, 5) is 23.9. The van der Waals surface area contributed by atoms with Gasteiger partial charge in [-0.1, -0.05) is 0 Å². The number of phosphoric acid groups is 2. The smallest absolute Gasteiger partial charge is 0.303 e. The van der Waals surface area contributed by atoms with Crippen LogP contribution < -0.4 is 0 Å². The number of phosphoric ester groups is 2. The van der Waals surface area contributed by atoms with Crippen LogP contribution >= 0.6 is 15.6 Å². The Hall–Kier alpha value is -0.270. The van der Waals surface area contributed by atoms with Crippen LogP contribution in [0.1, 0.15) is 0 Å². The van der Waals surface area contributed by atoms with E-state index in [1.165, 1.54) is 0 Å². The maximum absolute atomic E-state index is 12.1. The highest BCUT2D eigenvalue weighted by molar-refractivity contribution is 7.47. The molecule has 0 amide bonds. The molecule has 1 atom stereocenters. The zero-order valence-corrected chi connectivity index (χ0v) is 12.7. The highest BCUT2D eigenvalue weighted by Gasteiger charge is 2.43. The first-order valence-corrected chi connectivity index (χ1v) is 7.90. The minimum Gasteiger partial charge on any atom is -0.303 e. The van der Waals surface area contributed by atoms with Crippen LogP contribution in [-0.2, 0) is 22.7 Å². The minimum atomic E-state index is -4.98. The van der Waals surface area contributed by atoms with Gasteiger partial charge in [0.1, 0.15) is 6.61 Å². The molecule has 0 bridgehead atoms. The van der Waals surface area contributed by atoms with E-state index in [9.17, 15) is 39.9 Å². The topological polar surface area (TPSA) is 123 Å². The Morgan fingerprint density at radius 1 is 0.957 bits per heavy atom. The fraction of sp³-hybridized carbons (Fsp3) is 1.00. The SMILES string of the molecule is COP(=O)(O)OCC(F)(F)C(F)F.O=P(O)(O)OCC(F)(F)F. The van der Waals surface area contributed by atoms with E-state index in [0.717, 1.165) is 7.11 Å². The molecule has 0 rings (SSSR count). The van der Waals surface area contributed by atoms with Crippen LogP contribution in [0.25, 0.3) is 0 Å². The van der Waals surface area contributed by atoms with Crippen LogP contribution in [0.15, 0.2) is 0 Å². The monoisotopic (exact) mass is 406 g/mol. The third-order valence-corrected chi connectivity index (χ3v) is 2.75. The van der Waals surface area contributed by atoms with Crippen molar-refractivity contribution in [3.63, 3.8) is 0 Å². The van der Waals surface area contributed by atoms with Crippen molar-refractivity contribution in [2.75, 3.05) is 20.3 Å². The van der Waals surface area contributed by atoms with Crippen molar-refractivity contribution in [2.24, 2.45) is 0 Å². The van der Waals surface area contributed by atoms with Crippen LogP contribution in [0.2, 0.25) is 0 Å². The number of alkyl halides is 7. The van der Waals surface area contributed by atoms with E-state index in [2.05, 4.69) is 13.6 Å². The molecule has 3 N–H and O–H groups in total. The largest absolute Gasteiger partial charge is 0.472 e. The van der Waals surface area contributed by atoms with Gasteiger partial charge in [0.2, 0.25) is 0 Å². The van der Waals surface area contributed by atoms with Gasteiger partial charge in [-0.25, -0.2) is 17.9 Å². The van der Waals surface area contributed by atoms with Gasteiger partial charge in [0, 0.05) is 7.11 Å². The summed E-state index contributed by atoms with van der Waals surface area (Å²) < 4.78 is 111. The molecule has 23 heavy (non-hydrogen) atoms. The van der Waals surface area contributed by atoms with Crippen molar-refractivity contribution in [3.8, 4) is 0 Å². The maximum Gasteiger partial charge on any atom is 0.472 e. The van der Waals surface area contributed by atoms with Gasteiger partial charge in [0.15, 0.2) is 6.61 Å². The molecular weight excluding hydrogens is 395 g/mol. The minimum absolute atomic E-state index is 0.724. The van der Waals surface area contributed by atoms with Crippen LogP contribution in [-0.4, -0.2) is 53.5 Å². The summed E-state index contributed by atoms with van der Waals surface area (Å²) in [7, 11) is -8.88. The molecule has 0 aliphatic rings. The number of hydrogen-bond acceptors (Lipinski definition) is 5. The van der Waals surface area contributed by atoms with Gasteiger partial charge in [-0.3, -0.25) is 13.6 Å². The second kappa shape index (κ2) is 9.28. The lowest BCUT2D eigenvalue weighted by molar-refractivity contribution is -0.156. The van der Waals surface area contributed by atoms with E-state index in [0.29, 0.717) is 0 Å². The normalized spacial score (nSPS) is 15.8. The predicted octanol–water partition coefficient (Wildman–Crippen LogP) is 2.31. The first kappa shape index (κ1) is 25.0. The molecule has 142 valence electrons. The fourth-order valence-electron chi connectivity index (χ4n) is 0.441. The Morgan fingerprint density at radius 2 is 1.39 bits per heavy atom. The van der Waals surface area contributed by atoms with Gasteiger partial charge in [0.05, 0.1) is 0 Å². The molecule has 0 radical (unpaired) electrons. The first-order chi connectivity index (χ1) is 9.92. The number of halogens is 7. The molecule has 8 nitrogen and oxygen atoms in total. The first-order valence-electron chi connectivity index (χ1n) is 4.88. The number of rotatable bonds is 7. The molecule has 0 heterocycles. The highest BCUT2D eigenvalue weighted by Crippen LogP contribution is 2.43. The Labute approximate surface area is 124 Å². The summed E-state index contributed by atoms with van der Waals surface area (Å²) in [6.45, 7) is -3.80. The Balaban J connectivity index is 0. The number of hydrogen-bond donors (Lipinski definition) is 3. The van der Waals surface area contributed by atoms with Crippen molar-refractivity contribution in [2.45, 2.75) is 18.5 Å². The summed E-state index contributed by atoms with van der Waals surface area (Å²) in [6.07, 6.45) is -8.66. The van der Waals surface area contributed by atoms with Crippen molar-refractivity contribution in [1.82, 2.24) is 0 Å². The van der Waals surface area contributed by atoms with Crippen molar-refractivity contribution in [3.05, 3.63) is 0 Å². The molecule has 0 spiro atoms. The molecule has 0 aliphatic carbocycles. The summed E-state index contributed by atoms with van der Waals surface area (Å²) in [5.41, 5.74) is 0. The van der Waals surface area contributed by atoms with E-state index in [4.69, 9.17) is 14.7 Å².